The van der Waals surface area contributed by atoms with Crippen molar-refractivity contribution in [3.05, 3.63) is 35.4 Å². The Bertz CT molecular complexity index is 441. The minimum absolute atomic E-state index is 0.0219. The first kappa shape index (κ1) is 13.1. The van der Waals surface area contributed by atoms with Crippen LogP contribution in [0.4, 0.5) is 0 Å². The van der Waals surface area contributed by atoms with E-state index in [1.807, 2.05) is 32.0 Å². The van der Waals surface area contributed by atoms with Crippen molar-refractivity contribution < 1.29 is 14.6 Å². The van der Waals surface area contributed by atoms with E-state index in [0.717, 1.165) is 18.4 Å². The highest BCUT2D eigenvalue weighted by molar-refractivity contribution is 5.78. The highest BCUT2D eigenvalue weighted by atomic mass is 16.5. The molecule has 2 rings (SSSR count). The van der Waals surface area contributed by atoms with E-state index in [2.05, 4.69) is 6.07 Å². The zero-order chi connectivity index (χ0) is 13.2. The van der Waals surface area contributed by atoms with Crippen molar-refractivity contribution in [3.63, 3.8) is 0 Å². The summed E-state index contributed by atoms with van der Waals surface area (Å²) in [4.78, 5) is 11.6. The lowest BCUT2D eigenvalue weighted by Crippen LogP contribution is -2.48. The Balaban J connectivity index is 2.27. The predicted octanol–water partition coefficient (Wildman–Crippen LogP) is 2.81. The molecular weight excluding hydrogens is 228 g/mol. The van der Waals surface area contributed by atoms with Crippen molar-refractivity contribution in [1.82, 2.24) is 0 Å². The van der Waals surface area contributed by atoms with Gasteiger partial charge in [-0.25, -0.2) is 4.79 Å². The zero-order valence-electron chi connectivity index (χ0n) is 11.0. The Kier molecular flexibility index (Phi) is 3.71. The number of ether oxygens (including phenoxy) is 1. The highest BCUT2D eigenvalue weighted by Crippen LogP contribution is 2.33. The molecule has 0 spiro atoms. The summed E-state index contributed by atoms with van der Waals surface area (Å²) in [6.07, 6.45) is 2.62. The Labute approximate surface area is 108 Å². The third-order valence-corrected chi connectivity index (χ3v) is 3.78. The first-order chi connectivity index (χ1) is 8.57. The van der Waals surface area contributed by atoms with Gasteiger partial charge in [-0.2, -0.15) is 0 Å². The van der Waals surface area contributed by atoms with Gasteiger partial charge < -0.3 is 9.84 Å². The molecular formula is C15H20O3. The summed E-state index contributed by atoms with van der Waals surface area (Å²) in [5.74, 6) is -0.836. The monoisotopic (exact) mass is 248 g/mol. The lowest BCUT2D eigenvalue weighted by atomic mass is 9.80. The molecule has 0 aromatic heterocycles. The van der Waals surface area contributed by atoms with Gasteiger partial charge in [0.1, 0.15) is 0 Å². The van der Waals surface area contributed by atoms with Crippen LogP contribution in [0.3, 0.4) is 0 Å². The number of hydrogen-bond donors (Lipinski definition) is 1. The van der Waals surface area contributed by atoms with Gasteiger partial charge in [0.25, 0.3) is 0 Å². The lowest BCUT2D eigenvalue weighted by Gasteiger charge is -2.36. The van der Waals surface area contributed by atoms with Crippen LogP contribution in [0.15, 0.2) is 24.3 Å². The number of fused-ring (bicyclic) bond motifs is 1. The molecule has 18 heavy (non-hydrogen) atoms. The predicted molar refractivity (Wildman–Crippen MR) is 69.7 cm³/mol. The number of rotatable bonds is 4. The second-order valence-corrected chi connectivity index (χ2v) is 5.08. The summed E-state index contributed by atoms with van der Waals surface area (Å²) in [6.45, 7) is 3.95. The van der Waals surface area contributed by atoms with Crippen LogP contribution in [-0.4, -0.2) is 22.8 Å². The van der Waals surface area contributed by atoms with E-state index in [-0.39, 0.29) is 6.10 Å². The summed E-state index contributed by atoms with van der Waals surface area (Å²) in [5.41, 5.74) is 1.32. The van der Waals surface area contributed by atoms with E-state index in [4.69, 9.17) is 4.74 Å². The minimum Gasteiger partial charge on any atom is -0.479 e. The fraction of sp³-hybridized carbons (Fsp3) is 0.533. The van der Waals surface area contributed by atoms with Gasteiger partial charge in [-0.05, 0) is 37.3 Å². The maximum absolute atomic E-state index is 11.6. The number of aliphatic carboxylic acids is 1. The van der Waals surface area contributed by atoms with Crippen LogP contribution in [0.1, 0.15) is 37.8 Å². The van der Waals surface area contributed by atoms with Gasteiger partial charge >= 0.3 is 5.97 Å². The van der Waals surface area contributed by atoms with Gasteiger partial charge in [0, 0.05) is 6.42 Å². The Morgan fingerprint density at radius 3 is 2.72 bits per heavy atom. The molecule has 1 aromatic carbocycles. The van der Waals surface area contributed by atoms with Crippen LogP contribution in [0.5, 0.6) is 0 Å². The molecule has 1 aliphatic rings. The SMILES string of the molecule is CCC(C)OC1(C(=O)O)CCc2ccccc2C1. The summed E-state index contributed by atoms with van der Waals surface area (Å²) in [7, 11) is 0. The normalized spacial score (nSPS) is 24.3. The lowest BCUT2D eigenvalue weighted by molar-refractivity contribution is -0.175. The molecule has 0 radical (unpaired) electrons. The van der Waals surface area contributed by atoms with Crippen molar-refractivity contribution in [2.45, 2.75) is 51.2 Å². The molecule has 98 valence electrons. The van der Waals surface area contributed by atoms with Gasteiger partial charge in [0.2, 0.25) is 0 Å². The molecule has 3 heteroatoms. The maximum Gasteiger partial charge on any atom is 0.336 e. The van der Waals surface area contributed by atoms with Crippen LogP contribution >= 0.6 is 0 Å². The summed E-state index contributed by atoms with van der Waals surface area (Å²) in [5, 5.41) is 9.53. The second-order valence-electron chi connectivity index (χ2n) is 5.08. The van der Waals surface area contributed by atoms with Crippen LogP contribution in [0, 0.1) is 0 Å². The zero-order valence-corrected chi connectivity index (χ0v) is 11.0. The molecule has 1 aliphatic carbocycles. The number of carbonyl (C=O) groups is 1. The quantitative estimate of drug-likeness (QED) is 0.891. The highest BCUT2D eigenvalue weighted by Gasteiger charge is 2.43. The average molecular weight is 248 g/mol. The van der Waals surface area contributed by atoms with Crippen molar-refractivity contribution in [3.8, 4) is 0 Å². The number of carboxylic acid groups (broad SMARTS) is 1. The van der Waals surface area contributed by atoms with E-state index in [1.54, 1.807) is 0 Å². The molecule has 2 unspecified atom stereocenters. The standard InChI is InChI=1S/C15H20O3/c1-3-11(2)18-15(14(16)17)9-8-12-6-4-5-7-13(12)10-15/h4-7,11H,3,8-10H2,1-2H3,(H,16,17). The molecule has 0 fully saturated rings. The van der Waals surface area contributed by atoms with E-state index in [1.165, 1.54) is 5.56 Å². The number of benzene rings is 1. The molecule has 0 saturated carbocycles. The van der Waals surface area contributed by atoms with Crippen LogP contribution < -0.4 is 0 Å². The molecule has 0 amide bonds. The van der Waals surface area contributed by atoms with Crippen LogP contribution in [0.25, 0.3) is 0 Å². The average Bonchev–Trinajstić information content (AvgIpc) is 2.38. The third-order valence-electron chi connectivity index (χ3n) is 3.78. The summed E-state index contributed by atoms with van der Waals surface area (Å²) >= 11 is 0. The smallest absolute Gasteiger partial charge is 0.336 e. The molecule has 2 atom stereocenters. The molecule has 0 bridgehead atoms. The third kappa shape index (κ3) is 2.41. The fourth-order valence-electron chi connectivity index (χ4n) is 2.51. The van der Waals surface area contributed by atoms with E-state index in [0.29, 0.717) is 12.8 Å². The second kappa shape index (κ2) is 5.11. The van der Waals surface area contributed by atoms with Gasteiger partial charge in [0.05, 0.1) is 6.10 Å². The van der Waals surface area contributed by atoms with Crippen molar-refractivity contribution in [1.29, 1.82) is 0 Å². The van der Waals surface area contributed by atoms with E-state index < -0.39 is 11.6 Å². The van der Waals surface area contributed by atoms with Crippen molar-refractivity contribution in [2.75, 3.05) is 0 Å². The Hall–Kier alpha value is -1.35. The van der Waals surface area contributed by atoms with Gasteiger partial charge in [-0.15, -0.1) is 0 Å². The van der Waals surface area contributed by atoms with E-state index >= 15 is 0 Å². The van der Waals surface area contributed by atoms with Crippen LogP contribution in [-0.2, 0) is 22.4 Å². The van der Waals surface area contributed by atoms with Gasteiger partial charge in [-0.3, -0.25) is 0 Å². The van der Waals surface area contributed by atoms with Crippen molar-refractivity contribution in [2.24, 2.45) is 0 Å². The fourth-order valence-corrected chi connectivity index (χ4v) is 2.51. The number of carboxylic acids is 1. The molecule has 1 aromatic rings. The first-order valence-corrected chi connectivity index (χ1v) is 6.55. The summed E-state index contributed by atoms with van der Waals surface area (Å²) in [6, 6.07) is 8.04. The van der Waals surface area contributed by atoms with Crippen LogP contribution in [0.2, 0.25) is 0 Å². The Morgan fingerprint density at radius 1 is 1.44 bits per heavy atom. The Morgan fingerprint density at radius 2 is 2.11 bits per heavy atom. The molecule has 0 aliphatic heterocycles. The van der Waals surface area contributed by atoms with Gasteiger partial charge in [0.15, 0.2) is 5.60 Å². The van der Waals surface area contributed by atoms with Crippen molar-refractivity contribution >= 4 is 5.97 Å². The van der Waals surface area contributed by atoms with E-state index in [9.17, 15) is 9.90 Å². The first-order valence-electron chi connectivity index (χ1n) is 6.55. The molecule has 1 N–H and O–H groups in total. The number of hydrogen-bond acceptors (Lipinski definition) is 2. The minimum atomic E-state index is -1.04. The molecule has 3 nitrogen and oxygen atoms in total. The number of aryl methyl sites for hydroxylation is 1. The topological polar surface area (TPSA) is 46.5 Å². The van der Waals surface area contributed by atoms with Gasteiger partial charge in [-0.1, -0.05) is 31.2 Å². The summed E-state index contributed by atoms with van der Waals surface area (Å²) < 4.78 is 5.85. The molecule has 0 heterocycles. The molecule has 0 saturated heterocycles. The maximum atomic E-state index is 11.6. The largest absolute Gasteiger partial charge is 0.479 e.